The summed E-state index contributed by atoms with van der Waals surface area (Å²) in [5, 5.41) is 3.47. The molecule has 0 radical (unpaired) electrons. The zero-order valence-electron chi connectivity index (χ0n) is 15.4. The fourth-order valence-electron chi connectivity index (χ4n) is 3.22. The Morgan fingerprint density at radius 3 is 2.71 bits per heavy atom. The van der Waals surface area contributed by atoms with Crippen LogP contribution in [0.1, 0.15) is 31.2 Å². The fraction of sp³-hybridized carbons (Fsp3) is 0.632. The van der Waals surface area contributed by atoms with E-state index in [1.165, 1.54) is 50.9 Å². The minimum Gasteiger partial charge on any atom is -0.496 e. The third-order valence-electron chi connectivity index (χ3n) is 4.56. The first kappa shape index (κ1) is 18.6. The predicted octanol–water partition coefficient (Wildman–Crippen LogP) is 2.58. The lowest BCUT2D eigenvalue weighted by Crippen LogP contribution is -2.39. The van der Waals surface area contributed by atoms with Gasteiger partial charge in [0.05, 0.1) is 7.11 Å². The molecule has 2 rings (SSSR count). The molecule has 5 heteroatoms. The Morgan fingerprint density at radius 1 is 1.25 bits per heavy atom. The van der Waals surface area contributed by atoms with E-state index >= 15 is 0 Å². The second-order valence-corrected chi connectivity index (χ2v) is 6.40. The molecule has 0 bridgehead atoms. The summed E-state index contributed by atoms with van der Waals surface area (Å²) in [6.45, 7) is 5.55. The average molecular weight is 332 g/mol. The number of nitrogens with zero attached hydrogens (tertiary/aromatic N) is 3. The molecule has 134 valence electrons. The van der Waals surface area contributed by atoms with Crippen LogP contribution in [-0.2, 0) is 6.54 Å². The Hall–Kier alpha value is -1.75. The van der Waals surface area contributed by atoms with Crippen molar-refractivity contribution >= 4 is 5.96 Å². The minimum atomic E-state index is 0.775. The molecule has 1 heterocycles. The van der Waals surface area contributed by atoms with E-state index in [0.29, 0.717) is 0 Å². The van der Waals surface area contributed by atoms with Gasteiger partial charge >= 0.3 is 0 Å². The zero-order chi connectivity index (χ0) is 17.2. The van der Waals surface area contributed by atoms with Crippen molar-refractivity contribution in [2.75, 3.05) is 47.4 Å². The van der Waals surface area contributed by atoms with Gasteiger partial charge in [-0.2, -0.15) is 0 Å². The van der Waals surface area contributed by atoms with Gasteiger partial charge < -0.3 is 19.9 Å². The smallest absolute Gasteiger partial charge is 0.193 e. The molecule has 1 saturated heterocycles. The maximum absolute atomic E-state index is 5.43. The fourth-order valence-corrected chi connectivity index (χ4v) is 3.22. The van der Waals surface area contributed by atoms with E-state index in [1.54, 1.807) is 7.11 Å². The average Bonchev–Trinajstić information content (AvgIpc) is 3.12. The van der Waals surface area contributed by atoms with Crippen molar-refractivity contribution in [2.24, 2.45) is 4.99 Å². The number of rotatable bonds is 8. The summed E-state index contributed by atoms with van der Waals surface area (Å²) in [4.78, 5) is 9.10. The number of hydrogen-bond acceptors (Lipinski definition) is 3. The Kier molecular flexibility index (Phi) is 7.89. The largest absolute Gasteiger partial charge is 0.496 e. The van der Waals surface area contributed by atoms with Crippen molar-refractivity contribution in [3.63, 3.8) is 0 Å². The summed E-state index contributed by atoms with van der Waals surface area (Å²) in [6.07, 6.45) is 5.18. The number of guanidine groups is 1. The van der Waals surface area contributed by atoms with E-state index in [0.717, 1.165) is 24.8 Å². The SMILES string of the molecule is CN=C(NCCCCN1CCCC1)N(C)Cc1ccccc1OC. The molecule has 1 N–H and O–H groups in total. The van der Waals surface area contributed by atoms with Crippen LogP contribution in [0.5, 0.6) is 5.75 Å². The van der Waals surface area contributed by atoms with Crippen molar-refractivity contribution in [1.82, 2.24) is 15.1 Å². The van der Waals surface area contributed by atoms with Gasteiger partial charge in [0.25, 0.3) is 0 Å². The summed E-state index contributed by atoms with van der Waals surface area (Å²) in [6, 6.07) is 8.13. The standard InChI is InChI=1S/C19H32N4O/c1-20-19(21-12-6-7-13-23-14-8-9-15-23)22(2)16-17-10-4-5-11-18(17)24-3/h4-5,10-11H,6-9,12-16H2,1-3H3,(H,20,21). The van der Waals surface area contributed by atoms with Gasteiger partial charge in [-0.15, -0.1) is 0 Å². The number of ether oxygens (including phenoxy) is 1. The first-order chi connectivity index (χ1) is 11.7. The van der Waals surface area contributed by atoms with Gasteiger partial charge in [-0.05, 0) is 51.4 Å². The molecule has 1 fully saturated rings. The van der Waals surface area contributed by atoms with Crippen LogP contribution in [0.2, 0.25) is 0 Å². The van der Waals surface area contributed by atoms with Crippen molar-refractivity contribution in [3.05, 3.63) is 29.8 Å². The molecule has 1 aliphatic heterocycles. The van der Waals surface area contributed by atoms with Crippen molar-refractivity contribution < 1.29 is 4.74 Å². The van der Waals surface area contributed by atoms with Gasteiger partial charge in [0.2, 0.25) is 0 Å². The topological polar surface area (TPSA) is 40.1 Å². The summed E-state index contributed by atoms with van der Waals surface area (Å²) >= 11 is 0. The van der Waals surface area contributed by atoms with Gasteiger partial charge in [0.1, 0.15) is 5.75 Å². The highest BCUT2D eigenvalue weighted by atomic mass is 16.5. The van der Waals surface area contributed by atoms with Crippen LogP contribution in [0.25, 0.3) is 0 Å². The van der Waals surface area contributed by atoms with E-state index in [-0.39, 0.29) is 0 Å². The molecular formula is C19H32N4O. The van der Waals surface area contributed by atoms with Gasteiger partial charge in [0, 0.05) is 32.7 Å². The second kappa shape index (κ2) is 10.2. The number of methoxy groups -OCH3 is 1. The van der Waals surface area contributed by atoms with Crippen molar-refractivity contribution in [1.29, 1.82) is 0 Å². The summed E-state index contributed by atoms with van der Waals surface area (Å²) in [5.74, 6) is 1.85. The van der Waals surface area contributed by atoms with E-state index in [9.17, 15) is 0 Å². The Morgan fingerprint density at radius 2 is 2.00 bits per heavy atom. The number of unbranched alkanes of at least 4 members (excludes halogenated alkanes) is 1. The highest BCUT2D eigenvalue weighted by Crippen LogP contribution is 2.18. The van der Waals surface area contributed by atoms with Gasteiger partial charge in [-0.3, -0.25) is 4.99 Å². The molecule has 0 atom stereocenters. The lowest BCUT2D eigenvalue weighted by atomic mass is 10.2. The van der Waals surface area contributed by atoms with Crippen LogP contribution in [0.15, 0.2) is 29.3 Å². The van der Waals surface area contributed by atoms with Crippen molar-refractivity contribution in [3.8, 4) is 5.75 Å². The first-order valence-electron chi connectivity index (χ1n) is 9.00. The Bertz CT molecular complexity index is 512. The third-order valence-corrected chi connectivity index (χ3v) is 4.56. The van der Waals surface area contributed by atoms with Crippen LogP contribution >= 0.6 is 0 Å². The summed E-state index contributed by atoms with van der Waals surface area (Å²) in [5.41, 5.74) is 1.17. The number of nitrogens with one attached hydrogen (secondary N) is 1. The van der Waals surface area contributed by atoms with E-state index in [2.05, 4.69) is 33.2 Å². The third kappa shape index (κ3) is 5.71. The number of aliphatic imine (C=N–C) groups is 1. The molecule has 0 spiro atoms. The van der Waals surface area contributed by atoms with Crippen LogP contribution in [0.4, 0.5) is 0 Å². The molecule has 5 nitrogen and oxygen atoms in total. The van der Waals surface area contributed by atoms with Crippen molar-refractivity contribution in [2.45, 2.75) is 32.2 Å². The highest BCUT2D eigenvalue weighted by molar-refractivity contribution is 5.79. The molecule has 0 aromatic heterocycles. The Balaban J connectivity index is 1.72. The number of hydrogen-bond donors (Lipinski definition) is 1. The molecule has 0 amide bonds. The van der Waals surface area contributed by atoms with E-state index in [4.69, 9.17) is 4.74 Å². The van der Waals surface area contributed by atoms with E-state index in [1.807, 2.05) is 25.2 Å². The van der Waals surface area contributed by atoms with Crippen LogP contribution in [0, 0.1) is 0 Å². The first-order valence-corrected chi connectivity index (χ1v) is 9.00. The lowest BCUT2D eigenvalue weighted by molar-refractivity contribution is 0.329. The normalized spacial score (nSPS) is 15.5. The highest BCUT2D eigenvalue weighted by Gasteiger charge is 2.11. The molecule has 0 unspecified atom stereocenters. The molecule has 1 aliphatic rings. The molecule has 0 saturated carbocycles. The quantitative estimate of drug-likeness (QED) is 0.451. The number of para-hydroxylation sites is 1. The maximum atomic E-state index is 5.43. The van der Waals surface area contributed by atoms with Crippen LogP contribution in [0.3, 0.4) is 0 Å². The lowest BCUT2D eigenvalue weighted by Gasteiger charge is -2.23. The number of benzene rings is 1. The monoisotopic (exact) mass is 332 g/mol. The van der Waals surface area contributed by atoms with Gasteiger partial charge in [-0.1, -0.05) is 18.2 Å². The number of likely N-dealkylation sites (tertiary alicyclic amines) is 1. The molecule has 1 aromatic rings. The van der Waals surface area contributed by atoms with Gasteiger partial charge in [0.15, 0.2) is 5.96 Å². The van der Waals surface area contributed by atoms with E-state index < -0.39 is 0 Å². The molecule has 24 heavy (non-hydrogen) atoms. The second-order valence-electron chi connectivity index (χ2n) is 6.40. The molecule has 1 aromatic carbocycles. The Labute approximate surface area is 146 Å². The molecule has 0 aliphatic carbocycles. The van der Waals surface area contributed by atoms with Crippen LogP contribution in [-0.4, -0.2) is 63.1 Å². The molecular weight excluding hydrogens is 300 g/mol. The summed E-state index contributed by atoms with van der Waals surface area (Å²) < 4.78 is 5.43. The minimum absolute atomic E-state index is 0.775. The van der Waals surface area contributed by atoms with Crippen LogP contribution < -0.4 is 10.1 Å². The maximum Gasteiger partial charge on any atom is 0.193 e. The zero-order valence-corrected chi connectivity index (χ0v) is 15.4. The predicted molar refractivity (Wildman–Crippen MR) is 101 cm³/mol. The van der Waals surface area contributed by atoms with Gasteiger partial charge in [-0.25, -0.2) is 0 Å². The summed E-state index contributed by atoms with van der Waals surface area (Å²) in [7, 11) is 5.61.